The zero-order valence-corrected chi connectivity index (χ0v) is 11.1. The van der Waals surface area contributed by atoms with Crippen molar-refractivity contribution >= 4 is 11.4 Å². The van der Waals surface area contributed by atoms with Gasteiger partial charge in [-0.05, 0) is 24.3 Å². The number of anilines is 1. The van der Waals surface area contributed by atoms with E-state index >= 15 is 0 Å². The first-order chi connectivity index (χ1) is 10.0. The molecule has 0 aliphatic rings. The average molecular weight is 294 g/mol. The predicted molar refractivity (Wildman–Crippen MR) is 73.3 cm³/mol. The van der Waals surface area contributed by atoms with Crippen LogP contribution in [-0.4, -0.2) is 12.0 Å². The average Bonchev–Trinajstić information content (AvgIpc) is 2.47. The Balaban J connectivity index is 2.24. The van der Waals surface area contributed by atoms with Crippen LogP contribution in [0.5, 0.6) is 5.75 Å². The molecule has 0 bridgehead atoms. The number of halogens is 2. The number of nitrogens with one attached hydrogen (secondary N) is 1. The molecule has 0 spiro atoms. The molecule has 0 saturated heterocycles. The van der Waals surface area contributed by atoms with E-state index < -0.39 is 16.6 Å². The number of nitrogens with zero attached hydrogens (tertiary/aromatic N) is 1. The van der Waals surface area contributed by atoms with E-state index in [0.29, 0.717) is 11.4 Å². The molecule has 0 heterocycles. The smallest absolute Gasteiger partial charge is 0.271 e. The minimum atomic E-state index is -0.562. The molecule has 0 amide bonds. The van der Waals surface area contributed by atoms with Crippen LogP contribution in [0.4, 0.5) is 20.2 Å². The fraction of sp³-hybridized carbons (Fsp3) is 0.143. The van der Waals surface area contributed by atoms with Gasteiger partial charge >= 0.3 is 0 Å². The Morgan fingerprint density at radius 2 is 2.00 bits per heavy atom. The van der Waals surface area contributed by atoms with Crippen molar-refractivity contribution in [3.63, 3.8) is 0 Å². The van der Waals surface area contributed by atoms with Crippen molar-refractivity contribution < 1.29 is 18.4 Å². The van der Waals surface area contributed by atoms with E-state index in [2.05, 4.69) is 5.32 Å². The summed E-state index contributed by atoms with van der Waals surface area (Å²) in [6.07, 6.45) is 0. The fourth-order valence-corrected chi connectivity index (χ4v) is 1.82. The van der Waals surface area contributed by atoms with E-state index in [9.17, 15) is 18.9 Å². The second kappa shape index (κ2) is 6.17. The van der Waals surface area contributed by atoms with Gasteiger partial charge in [-0.15, -0.1) is 0 Å². The fourth-order valence-electron chi connectivity index (χ4n) is 1.82. The van der Waals surface area contributed by atoms with Gasteiger partial charge in [0.25, 0.3) is 5.69 Å². The van der Waals surface area contributed by atoms with Gasteiger partial charge in [-0.2, -0.15) is 0 Å². The molecule has 0 aromatic heterocycles. The van der Waals surface area contributed by atoms with E-state index in [0.717, 1.165) is 18.2 Å². The molecule has 2 aromatic carbocycles. The Labute approximate surface area is 119 Å². The quantitative estimate of drug-likeness (QED) is 0.677. The molecular weight excluding hydrogens is 282 g/mol. The normalized spacial score (nSPS) is 10.2. The maximum Gasteiger partial charge on any atom is 0.271 e. The molecule has 0 atom stereocenters. The number of methoxy groups -OCH3 is 1. The van der Waals surface area contributed by atoms with E-state index in [1.165, 1.54) is 25.3 Å². The first kappa shape index (κ1) is 14.7. The van der Waals surface area contributed by atoms with Crippen molar-refractivity contribution in [2.45, 2.75) is 6.54 Å². The van der Waals surface area contributed by atoms with Crippen LogP contribution in [0, 0.1) is 21.7 Å². The molecule has 1 N–H and O–H groups in total. The number of non-ortho nitro benzene ring substituents is 1. The van der Waals surface area contributed by atoms with Crippen molar-refractivity contribution in [2.24, 2.45) is 0 Å². The molecule has 0 unspecified atom stereocenters. The van der Waals surface area contributed by atoms with E-state index in [1.807, 2.05) is 0 Å². The summed E-state index contributed by atoms with van der Waals surface area (Å²) >= 11 is 0. The summed E-state index contributed by atoms with van der Waals surface area (Å²) in [6, 6.07) is 7.11. The number of hydrogen-bond acceptors (Lipinski definition) is 4. The van der Waals surface area contributed by atoms with Gasteiger partial charge in [0.1, 0.15) is 17.4 Å². The first-order valence-corrected chi connectivity index (χ1v) is 6.01. The lowest BCUT2D eigenvalue weighted by molar-refractivity contribution is -0.384. The van der Waals surface area contributed by atoms with Crippen LogP contribution in [-0.2, 0) is 6.54 Å². The van der Waals surface area contributed by atoms with E-state index in [-0.39, 0.29) is 17.8 Å². The summed E-state index contributed by atoms with van der Waals surface area (Å²) < 4.78 is 31.7. The summed E-state index contributed by atoms with van der Waals surface area (Å²) in [5, 5.41) is 13.6. The van der Waals surface area contributed by atoms with Gasteiger partial charge in [-0.25, -0.2) is 8.78 Å². The maximum atomic E-state index is 13.5. The second-order valence-electron chi connectivity index (χ2n) is 4.23. The highest BCUT2D eigenvalue weighted by molar-refractivity contribution is 5.61. The maximum absolute atomic E-state index is 13.5. The van der Waals surface area contributed by atoms with Crippen LogP contribution in [0.1, 0.15) is 5.56 Å². The standard InChI is InChI=1S/C14H12F2N2O3/c1-21-14-5-3-11(18(19)20)7-13(14)17-8-9-6-10(15)2-4-12(9)16/h2-7,17H,8H2,1H3. The van der Waals surface area contributed by atoms with Gasteiger partial charge in [0.2, 0.25) is 0 Å². The minimum Gasteiger partial charge on any atom is -0.495 e. The molecule has 0 radical (unpaired) electrons. The molecule has 110 valence electrons. The van der Waals surface area contributed by atoms with Crippen LogP contribution in [0.3, 0.4) is 0 Å². The summed E-state index contributed by atoms with van der Waals surface area (Å²) in [7, 11) is 1.41. The molecule has 0 fully saturated rings. The first-order valence-electron chi connectivity index (χ1n) is 6.01. The van der Waals surface area contributed by atoms with Crippen LogP contribution in [0.2, 0.25) is 0 Å². The third kappa shape index (κ3) is 3.44. The van der Waals surface area contributed by atoms with Crippen LogP contribution >= 0.6 is 0 Å². The number of benzene rings is 2. The lowest BCUT2D eigenvalue weighted by Crippen LogP contribution is -2.04. The third-order valence-electron chi connectivity index (χ3n) is 2.87. The molecule has 0 aliphatic carbocycles. The third-order valence-corrected chi connectivity index (χ3v) is 2.87. The van der Waals surface area contributed by atoms with Crippen LogP contribution in [0.15, 0.2) is 36.4 Å². The molecule has 2 aromatic rings. The molecular formula is C14H12F2N2O3. The summed E-state index contributed by atoms with van der Waals surface area (Å²) in [4.78, 5) is 10.2. The Hall–Kier alpha value is -2.70. The van der Waals surface area contributed by atoms with Gasteiger partial charge in [0.05, 0.1) is 17.7 Å². The highest BCUT2D eigenvalue weighted by Crippen LogP contribution is 2.29. The highest BCUT2D eigenvalue weighted by atomic mass is 19.1. The van der Waals surface area contributed by atoms with Crippen LogP contribution in [0.25, 0.3) is 0 Å². The minimum absolute atomic E-state index is 0.0267. The summed E-state index contributed by atoms with van der Waals surface area (Å²) in [5.74, 6) is -0.745. The van der Waals surface area contributed by atoms with E-state index in [4.69, 9.17) is 4.74 Å². The molecule has 5 nitrogen and oxygen atoms in total. The summed E-state index contributed by atoms with van der Waals surface area (Å²) in [5.41, 5.74) is 0.317. The molecule has 7 heteroatoms. The zero-order valence-electron chi connectivity index (χ0n) is 11.1. The topological polar surface area (TPSA) is 64.4 Å². The molecule has 0 aliphatic heterocycles. The number of nitro benzene ring substituents is 1. The molecule has 21 heavy (non-hydrogen) atoms. The Kier molecular flexibility index (Phi) is 4.32. The SMILES string of the molecule is COc1ccc([N+](=O)[O-])cc1NCc1cc(F)ccc1F. The monoisotopic (exact) mass is 294 g/mol. The molecule has 0 saturated carbocycles. The Morgan fingerprint density at radius 3 is 2.67 bits per heavy atom. The lowest BCUT2D eigenvalue weighted by atomic mass is 10.2. The van der Waals surface area contributed by atoms with Gasteiger partial charge in [0.15, 0.2) is 0 Å². The van der Waals surface area contributed by atoms with Crippen molar-refractivity contribution in [3.05, 3.63) is 63.7 Å². The Bertz CT molecular complexity index is 677. The summed E-state index contributed by atoms with van der Waals surface area (Å²) in [6.45, 7) is -0.0267. The van der Waals surface area contributed by atoms with Gasteiger partial charge in [-0.3, -0.25) is 10.1 Å². The van der Waals surface area contributed by atoms with Crippen molar-refractivity contribution in [1.82, 2.24) is 0 Å². The second-order valence-corrected chi connectivity index (χ2v) is 4.23. The largest absolute Gasteiger partial charge is 0.495 e. The number of nitro groups is 1. The number of hydrogen-bond donors (Lipinski definition) is 1. The van der Waals surface area contributed by atoms with E-state index in [1.54, 1.807) is 0 Å². The van der Waals surface area contributed by atoms with Crippen molar-refractivity contribution in [3.8, 4) is 5.75 Å². The predicted octanol–water partition coefficient (Wildman–Crippen LogP) is 3.49. The van der Waals surface area contributed by atoms with Crippen LogP contribution < -0.4 is 10.1 Å². The zero-order chi connectivity index (χ0) is 15.4. The van der Waals surface area contributed by atoms with Gasteiger partial charge in [-0.1, -0.05) is 0 Å². The molecule has 2 rings (SSSR count). The van der Waals surface area contributed by atoms with Gasteiger partial charge < -0.3 is 10.1 Å². The van der Waals surface area contributed by atoms with Gasteiger partial charge in [0, 0.05) is 24.2 Å². The number of ether oxygens (including phenoxy) is 1. The van der Waals surface area contributed by atoms with Crippen molar-refractivity contribution in [2.75, 3.05) is 12.4 Å². The number of rotatable bonds is 5. The lowest BCUT2D eigenvalue weighted by Gasteiger charge is -2.11. The highest BCUT2D eigenvalue weighted by Gasteiger charge is 2.12. The van der Waals surface area contributed by atoms with Crippen molar-refractivity contribution in [1.29, 1.82) is 0 Å². The Morgan fingerprint density at radius 1 is 1.24 bits per heavy atom.